The Morgan fingerprint density at radius 1 is 1.08 bits per heavy atom. The van der Waals surface area contributed by atoms with Crippen molar-refractivity contribution in [2.45, 2.75) is 50.5 Å². The second-order valence-corrected chi connectivity index (χ2v) is 8.85. The molecule has 0 heterocycles. The number of hydrogen-bond acceptors (Lipinski definition) is 2. The van der Waals surface area contributed by atoms with Crippen molar-refractivity contribution in [3.63, 3.8) is 0 Å². The molecule has 4 aliphatic carbocycles. The van der Waals surface area contributed by atoms with E-state index < -0.39 is 0 Å². The van der Waals surface area contributed by atoms with Crippen LogP contribution in [0.3, 0.4) is 0 Å². The van der Waals surface area contributed by atoms with Crippen LogP contribution in [0.5, 0.6) is 0 Å². The van der Waals surface area contributed by atoms with Gasteiger partial charge in [-0.3, -0.25) is 4.79 Å². The molecule has 1 amide bonds. The van der Waals surface area contributed by atoms with Crippen LogP contribution in [0.15, 0.2) is 24.3 Å². The van der Waals surface area contributed by atoms with Gasteiger partial charge in [-0.05, 0) is 86.2 Å². The summed E-state index contributed by atoms with van der Waals surface area (Å²) in [6, 6.07) is 7.35. The van der Waals surface area contributed by atoms with E-state index in [-0.39, 0.29) is 11.4 Å². The minimum Gasteiger partial charge on any atom is -0.357 e. The Morgan fingerprint density at radius 2 is 1.62 bits per heavy atom. The molecule has 5 rings (SSSR count). The van der Waals surface area contributed by atoms with Gasteiger partial charge in [0, 0.05) is 10.6 Å². The van der Waals surface area contributed by atoms with E-state index in [2.05, 4.69) is 10.6 Å². The Morgan fingerprint density at radius 3 is 2.17 bits per heavy atom. The number of hydrogen-bond donors (Lipinski definition) is 2. The topological polar surface area (TPSA) is 41.1 Å². The van der Waals surface area contributed by atoms with Gasteiger partial charge in [0.15, 0.2) is 5.11 Å². The largest absolute Gasteiger partial charge is 0.357 e. The van der Waals surface area contributed by atoms with Crippen molar-refractivity contribution in [1.82, 2.24) is 10.6 Å². The van der Waals surface area contributed by atoms with Gasteiger partial charge >= 0.3 is 0 Å². The van der Waals surface area contributed by atoms with E-state index in [9.17, 15) is 4.79 Å². The molecule has 128 valence electrons. The first-order chi connectivity index (χ1) is 11.5. The molecular weight excluding hydrogens is 340 g/mol. The number of thiocarbonyl (C=S) groups is 1. The summed E-state index contributed by atoms with van der Waals surface area (Å²) < 4.78 is 0. The number of halogens is 1. The molecule has 5 heteroatoms. The minimum atomic E-state index is -0.0699. The normalized spacial score (nSPS) is 33.3. The zero-order chi connectivity index (χ0) is 16.7. The molecule has 2 N–H and O–H groups in total. The monoisotopic (exact) mass is 362 g/mol. The van der Waals surface area contributed by atoms with Crippen molar-refractivity contribution in [1.29, 1.82) is 0 Å². The molecule has 24 heavy (non-hydrogen) atoms. The second kappa shape index (κ2) is 6.30. The molecular formula is C19H23ClN2OS. The van der Waals surface area contributed by atoms with E-state index in [0.717, 1.165) is 23.3 Å². The summed E-state index contributed by atoms with van der Waals surface area (Å²) in [4.78, 5) is 12.2. The van der Waals surface area contributed by atoms with Crippen molar-refractivity contribution < 1.29 is 4.79 Å². The van der Waals surface area contributed by atoms with E-state index in [4.69, 9.17) is 23.8 Å². The van der Waals surface area contributed by atoms with Gasteiger partial charge in [0.2, 0.25) is 5.91 Å². The lowest BCUT2D eigenvalue weighted by atomic mass is 9.53. The maximum Gasteiger partial charge on any atom is 0.230 e. The van der Waals surface area contributed by atoms with Crippen LogP contribution < -0.4 is 10.6 Å². The zero-order valence-electron chi connectivity index (χ0n) is 13.7. The fourth-order valence-electron chi connectivity index (χ4n) is 5.49. The number of amides is 1. The fraction of sp³-hybridized carbons (Fsp3) is 0.579. The van der Waals surface area contributed by atoms with Crippen LogP contribution in [0.2, 0.25) is 5.02 Å². The molecule has 1 aromatic rings. The molecule has 4 aliphatic rings. The van der Waals surface area contributed by atoms with Gasteiger partial charge in [0.25, 0.3) is 0 Å². The summed E-state index contributed by atoms with van der Waals surface area (Å²) in [7, 11) is 0. The van der Waals surface area contributed by atoms with Crippen molar-refractivity contribution in [3.8, 4) is 0 Å². The van der Waals surface area contributed by atoms with Crippen LogP contribution in [0.4, 0.5) is 0 Å². The molecule has 0 atom stereocenters. The molecule has 4 fully saturated rings. The highest BCUT2D eigenvalue weighted by atomic mass is 35.5. The predicted octanol–water partition coefficient (Wildman–Crippen LogP) is 3.84. The standard InChI is InChI=1S/C19H23ClN2OS/c20-16-3-1-12(2-4-16)8-17(23)21-18(24)22-19-9-13-5-14(10-19)7-15(6-13)11-19/h1-4,13-15H,5-11H2,(H2,21,22,23,24). The van der Waals surface area contributed by atoms with E-state index in [1.165, 1.54) is 38.5 Å². The first-order valence-corrected chi connectivity index (χ1v) is 9.65. The molecule has 0 aromatic heterocycles. The van der Waals surface area contributed by atoms with Crippen molar-refractivity contribution in [3.05, 3.63) is 34.9 Å². The van der Waals surface area contributed by atoms with Crippen molar-refractivity contribution in [2.75, 3.05) is 0 Å². The van der Waals surface area contributed by atoms with Gasteiger partial charge in [-0.1, -0.05) is 23.7 Å². The van der Waals surface area contributed by atoms with Gasteiger partial charge in [-0.2, -0.15) is 0 Å². The average molecular weight is 363 g/mol. The molecule has 4 bridgehead atoms. The highest BCUT2D eigenvalue weighted by Crippen LogP contribution is 2.55. The van der Waals surface area contributed by atoms with E-state index in [0.29, 0.717) is 16.6 Å². The molecule has 3 nitrogen and oxygen atoms in total. The van der Waals surface area contributed by atoms with Gasteiger partial charge in [0.05, 0.1) is 6.42 Å². The molecule has 0 spiro atoms. The Balaban J connectivity index is 1.33. The van der Waals surface area contributed by atoms with Gasteiger partial charge < -0.3 is 10.6 Å². The summed E-state index contributed by atoms with van der Waals surface area (Å²) in [6.45, 7) is 0. The van der Waals surface area contributed by atoms with Crippen LogP contribution in [0, 0.1) is 17.8 Å². The molecule has 0 aliphatic heterocycles. The summed E-state index contributed by atoms with van der Waals surface area (Å²) >= 11 is 11.3. The second-order valence-electron chi connectivity index (χ2n) is 8.00. The summed E-state index contributed by atoms with van der Waals surface area (Å²) in [6.07, 6.45) is 8.16. The fourth-order valence-corrected chi connectivity index (χ4v) is 5.95. The van der Waals surface area contributed by atoms with E-state index in [1.54, 1.807) is 12.1 Å². The van der Waals surface area contributed by atoms with E-state index in [1.807, 2.05) is 12.1 Å². The van der Waals surface area contributed by atoms with E-state index >= 15 is 0 Å². The van der Waals surface area contributed by atoms with Crippen molar-refractivity contribution >= 4 is 34.8 Å². The molecule has 0 unspecified atom stereocenters. The third kappa shape index (κ3) is 3.45. The molecule has 1 aromatic carbocycles. The number of nitrogens with one attached hydrogen (secondary N) is 2. The lowest BCUT2D eigenvalue weighted by Gasteiger charge is -2.57. The summed E-state index contributed by atoms with van der Waals surface area (Å²) in [5.41, 5.74) is 1.08. The first-order valence-electron chi connectivity index (χ1n) is 8.86. The van der Waals surface area contributed by atoms with Crippen LogP contribution in [-0.2, 0) is 11.2 Å². The Kier molecular flexibility index (Phi) is 4.29. The zero-order valence-corrected chi connectivity index (χ0v) is 15.3. The van der Waals surface area contributed by atoms with Gasteiger partial charge in [-0.25, -0.2) is 0 Å². The molecule has 0 radical (unpaired) electrons. The third-order valence-corrected chi connectivity index (χ3v) is 6.40. The maximum absolute atomic E-state index is 12.2. The lowest BCUT2D eigenvalue weighted by Crippen LogP contribution is -2.61. The average Bonchev–Trinajstić information content (AvgIpc) is 2.47. The van der Waals surface area contributed by atoms with Crippen LogP contribution in [0.25, 0.3) is 0 Å². The predicted molar refractivity (Wildman–Crippen MR) is 99.9 cm³/mol. The van der Waals surface area contributed by atoms with Crippen LogP contribution in [-0.4, -0.2) is 16.6 Å². The lowest BCUT2D eigenvalue weighted by molar-refractivity contribution is -0.119. The minimum absolute atomic E-state index is 0.0699. The van der Waals surface area contributed by atoms with Crippen LogP contribution in [0.1, 0.15) is 44.1 Å². The summed E-state index contributed by atoms with van der Waals surface area (Å²) in [5.74, 6) is 2.50. The third-order valence-electron chi connectivity index (χ3n) is 5.95. The quantitative estimate of drug-likeness (QED) is 0.802. The molecule has 0 saturated heterocycles. The highest BCUT2D eigenvalue weighted by molar-refractivity contribution is 7.80. The van der Waals surface area contributed by atoms with Gasteiger partial charge in [-0.15, -0.1) is 0 Å². The van der Waals surface area contributed by atoms with Crippen LogP contribution >= 0.6 is 23.8 Å². The summed E-state index contributed by atoms with van der Waals surface area (Å²) in [5, 5.41) is 7.57. The smallest absolute Gasteiger partial charge is 0.230 e. The number of rotatable bonds is 3. The Bertz CT molecular complexity index is 623. The number of carbonyl (C=O) groups is 1. The maximum atomic E-state index is 12.2. The first kappa shape index (κ1) is 16.3. The number of carbonyl (C=O) groups excluding carboxylic acids is 1. The Labute approximate surface area is 153 Å². The molecule has 4 saturated carbocycles. The highest BCUT2D eigenvalue weighted by Gasteiger charge is 2.51. The van der Waals surface area contributed by atoms with Gasteiger partial charge in [0.1, 0.15) is 0 Å². The number of benzene rings is 1. The Hall–Kier alpha value is -1.13. The SMILES string of the molecule is O=C(Cc1ccc(Cl)cc1)NC(=S)NC12CC3CC(CC(C3)C1)C2. The van der Waals surface area contributed by atoms with Crippen molar-refractivity contribution in [2.24, 2.45) is 17.8 Å².